The Balaban J connectivity index is 2.37. The minimum atomic E-state index is 0.0202. The van der Waals surface area contributed by atoms with Crippen LogP contribution in [0.2, 0.25) is 5.02 Å². The fraction of sp³-hybridized carbons (Fsp3) is 0.200. The van der Waals surface area contributed by atoms with Crippen LogP contribution < -0.4 is 5.56 Å². The van der Waals surface area contributed by atoms with Crippen LogP contribution in [0.25, 0.3) is 21.3 Å². The van der Waals surface area contributed by atoms with Crippen molar-refractivity contribution in [3.05, 3.63) is 50.8 Å². The predicted molar refractivity (Wildman–Crippen MR) is 84.7 cm³/mol. The molecular weight excluding hydrogens is 292 g/mol. The maximum Gasteiger partial charge on any atom is 0.262 e. The van der Waals surface area contributed by atoms with Crippen molar-refractivity contribution in [3.8, 4) is 11.1 Å². The number of aryl methyl sites for hydroxylation is 2. The molecule has 3 rings (SSSR count). The van der Waals surface area contributed by atoms with Crippen molar-refractivity contribution in [2.24, 2.45) is 0 Å². The molecule has 0 N–H and O–H groups in total. The number of fused-ring (bicyclic) bond motifs is 1. The Kier molecular flexibility index (Phi) is 3.36. The Bertz CT molecular complexity index is 833. The van der Waals surface area contributed by atoms with Crippen LogP contribution in [-0.4, -0.2) is 9.55 Å². The van der Waals surface area contributed by atoms with Gasteiger partial charge in [0, 0.05) is 22.0 Å². The minimum absolute atomic E-state index is 0.0202. The van der Waals surface area contributed by atoms with Crippen LogP contribution in [0.5, 0.6) is 0 Å². The van der Waals surface area contributed by atoms with Gasteiger partial charge < -0.3 is 0 Å². The van der Waals surface area contributed by atoms with Crippen molar-refractivity contribution in [1.82, 2.24) is 9.55 Å². The van der Waals surface area contributed by atoms with Crippen LogP contribution >= 0.6 is 22.9 Å². The zero-order chi connectivity index (χ0) is 14.3. The van der Waals surface area contributed by atoms with Gasteiger partial charge in [0.25, 0.3) is 5.56 Å². The SMILES string of the molecule is CCn1cnc2sc(C)c(-c3ccc(Cl)cc3)c2c1=O. The Hall–Kier alpha value is -1.65. The molecule has 0 aliphatic heterocycles. The molecule has 0 fully saturated rings. The highest BCUT2D eigenvalue weighted by molar-refractivity contribution is 7.19. The van der Waals surface area contributed by atoms with E-state index in [4.69, 9.17) is 11.6 Å². The van der Waals surface area contributed by atoms with Crippen LogP contribution in [0, 0.1) is 6.92 Å². The van der Waals surface area contributed by atoms with Gasteiger partial charge in [0.05, 0.1) is 11.7 Å². The average Bonchev–Trinajstić information content (AvgIpc) is 2.77. The van der Waals surface area contributed by atoms with E-state index in [0.717, 1.165) is 20.8 Å². The van der Waals surface area contributed by atoms with E-state index in [0.29, 0.717) is 17.0 Å². The molecule has 0 bridgehead atoms. The van der Waals surface area contributed by atoms with Crippen LogP contribution in [0.4, 0.5) is 0 Å². The number of halogens is 1. The average molecular weight is 305 g/mol. The van der Waals surface area contributed by atoms with Crippen molar-refractivity contribution in [3.63, 3.8) is 0 Å². The van der Waals surface area contributed by atoms with Crippen molar-refractivity contribution in [2.75, 3.05) is 0 Å². The Labute approximate surface area is 125 Å². The first kappa shape index (κ1) is 13.3. The topological polar surface area (TPSA) is 34.9 Å². The highest BCUT2D eigenvalue weighted by atomic mass is 35.5. The van der Waals surface area contributed by atoms with Crippen molar-refractivity contribution in [2.45, 2.75) is 20.4 Å². The molecule has 3 nitrogen and oxygen atoms in total. The lowest BCUT2D eigenvalue weighted by Crippen LogP contribution is -2.19. The minimum Gasteiger partial charge on any atom is -0.299 e. The summed E-state index contributed by atoms with van der Waals surface area (Å²) in [6.07, 6.45) is 1.62. The summed E-state index contributed by atoms with van der Waals surface area (Å²) >= 11 is 7.49. The molecule has 0 radical (unpaired) electrons. The molecule has 0 aliphatic carbocycles. The fourth-order valence-electron chi connectivity index (χ4n) is 2.33. The molecule has 3 aromatic rings. The predicted octanol–water partition coefficient (Wildman–Crippen LogP) is 4.11. The zero-order valence-corrected chi connectivity index (χ0v) is 12.8. The third kappa shape index (κ3) is 2.05. The van der Waals surface area contributed by atoms with E-state index in [9.17, 15) is 4.79 Å². The van der Waals surface area contributed by atoms with Gasteiger partial charge in [-0.05, 0) is 31.5 Å². The number of hydrogen-bond acceptors (Lipinski definition) is 3. The van der Waals surface area contributed by atoms with Gasteiger partial charge in [-0.1, -0.05) is 23.7 Å². The Morgan fingerprint density at radius 1 is 1.30 bits per heavy atom. The molecule has 2 heterocycles. The number of nitrogens with zero attached hydrogens (tertiary/aromatic N) is 2. The second kappa shape index (κ2) is 5.04. The normalized spacial score (nSPS) is 11.2. The first-order valence-corrected chi connectivity index (χ1v) is 7.55. The quantitative estimate of drug-likeness (QED) is 0.714. The van der Waals surface area contributed by atoms with Gasteiger partial charge in [-0.2, -0.15) is 0 Å². The third-order valence-corrected chi connectivity index (χ3v) is 4.59. The summed E-state index contributed by atoms with van der Waals surface area (Å²) < 4.78 is 1.63. The van der Waals surface area contributed by atoms with Gasteiger partial charge in [-0.3, -0.25) is 9.36 Å². The van der Waals surface area contributed by atoms with Crippen molar-refractivity contribution >= 4 is 33.2 Å². The Morgan fingerprint density at radius 2 is 2.00 bits per heavy atom. The van der Waals surface area contributed by atoms with E-state index in [1.165, 1.54) is 0 Å². The first-order chi connectivity index (χ1) is 9.61. The molecule has 5 heteroatoms. The highest BCUT2D eigenvalue weighted by Gasteiger charge is 2.16. The van der Waals surface area contributed by atoms with Gasteiger partial charge in [0.1, 0.15) is 4.83 Å². The number of thiophene rings is 1. The summed E-state index contributed by atoms with van der Waals surface area (Å²) in [5, 5.41) is 1.40. The molecule has 0 saturated heterocycles. The molecule has 0 saturated carbocycles. The van der Waals surface area contributed by atoms with E-state index < -0.39 is 0 Å². The van der Waals surface area contributed by atoms with E-state index in [2.05, 4.69) is 4.98 Å². The van der Waals surface area contributed by atoms with Crippen LogP contribution in [-0.2, 0) is 6.54 Å². The van der Waals surface area contributed by atoms with Gasteiger partial charge in [0.15, 0.2) is 0 Å². The molecule has 0 spiro atoms. The molecule has 0 unspecified atom stereocenters. The summed E-state index contributed by atoms with van der Waals surface area (Å²) in [6, 6.07) is 7.57. The second-order valence-corrected chi connectivity index (χ2v) is 6.20. The maximum atomic E-state index is 12.5. The van der Waals surface area contributed by atoms with Gasteiger partial charge in [-0.25, -0.2) is 4.98 Å². The van der Waals surface area contributed by atoms with Crippen LogP contribution in [0.15, 0.2) is 35.4 Å². The van der Waals surface area contributed by atoms with Crippen molar-refractivity contribution in [1.29, 1.82) is 0 Å². The third-order valence-electron chi connectivity index (χ3n) is 3.33. The van der Waals surface area contributed by atoms with Gasteiger partial charge in [-0.15, -0.1) is 11.3 Å². The number of aromatic nitrogens is 2. The lowest BCUT2D eigenvalue weighted by molar-refractivity contribution is 0.718. The molecule has 0 aliphatic rings. The van der Waals surface area contributed by atoms with Crippen LogP contribution in [0.3, 0.4) is 0 Å². The largest absolute Gasteiger partial charge is 0.299 e. The monoisotopic (exact) mass is 304 g/mol. The fourth-order valence-corrected chi connectivity index (χ4v) is 3.46. The summed E-state index contributed by atoms with van der Waals surface area (Å²) in [7, 11) is 0. The maximum absolute atomic E-state index is 12.5. The number of rotatable bonds is 2. The summed E-state index contributed by atoms with van der Waals surface area (Å²) in [5.41, 5.74) is 2.00. The summed E-state index contributed by atoms with van der Waals surface area (Å²) in [5.74, 6) is 0. The smallest absolute Gasteiger partial charge is 0.262 e. The molecule has 102 valence electrons. The lowest BCUT2D eigenvalue weighted by atomic mass is 10.0. The van der Waals surface area contributed by atoms with E-state index >= 15 is 0 Å². The Morgan fingerprint density at radius 3 is 2.65 bits per heavy atom. The number of hydrogen-bond donors (Lipinski definition) is 0. The van der Waals surface area contributed by atoms with E-state index in [1.807, 2.05) is 38.1 Å². The van der Waals surface area contributed by atoms with E-state index in [-0.39, 0.29) is 5.56 Å². The standard InChI is InChI=1S/C15H13ClN2OS/c1-3-18-8-17-14-13(15(18)19)12(9(2)20-14)10-4-6-11(16)7-5-10/h4-8H,3H2,1-2H3. The number of benzene rings is 1. The van der Waals surface area contributed by atoms with Gasteiger partial charge >= 0.3 is 0 Å². The van der Waals surface area contributed by atoms with Crippen molar-refractivity contribution < 1.29 is 0 Å². The first-order valence-electron chi connectivity index (χ1n) is 6.36. The molecule has 0 atom stereocenters. The van der Waals surface area contributed by atoms with Gasteiger partial charge in [0.2, 0.25) is 0 Å². The highest BCUT2D eigenvalue weighted by Crippen LogP contribution is 2.35. The molecular formula is C15H13ClN2OS. The molecule has 1 aromatic carbocycles. The summed E-state index contributed by atoms with van der Waals surface area (Å²) in [6.45, 7) is 4.58. The molecule has 0 amide bonds. The lowest BCUT2D eigenvalue weighted by Gasteiger charge is -2.04. The second-order valence-electron chi connectivity index (χ2n) is 4.56. The van der Waals surface area contributed by atoms with E-state index in [1.54, 1.807) is 22.2 Å². The zero-order valence-electron chi connectivity index (χ0n) is 11.2. The molecule has 2 aromatic heterocycles. The molecule has 20 heavy (non-hydrogen) atoms. The van der Waals surface area contributed by atoms with Crippen LogP contribution in [0.1, 0.15) is 11.8 Å². The summed E-state index contributed by atoms with van der Waals surface area (Å²) in [4.78, 5) is 18.8.